The van der Waals surface area contributed by atoms with E-state index in [1.54, 1.807) is 0 Å². The van der Waals surface area contributed by atoms with E-state index in [1.807, 2.05) is 24.3 Å². The molecule has 2 aromatic carbocycles. The van der Waals surface area contributed by atoms with Gasteiger partial charge >= 0.3 is 0 Å². The molecule has 0 unspecified atom stereocenters. The maximum Gasteiger partial charge on any atom is 0.185 e. The van der Waals surface area contributed by atoms with Crippen molar-refractivity contribution in [2.45, 2.75) is 39.5 Å². The Labute approximate surface area is 205 Å². The summed E-state index contributed by atoms with van der Waals surface area (Å²) < 4.78 is 0. The van der Waals surface area contributed by atoms with Gasteiger partial charge in [-0.2, -0.15) is 0 Å². The Morgan fingerprint density at radius 1 is 0.676 bits per heavy atom. The number of allylic oxidation sites excluding steroid dienone is 6. The van der Waals surface area contributed by atoms with Gasteiger partial charge in [0.1, 0.15) is 0 Å². The zero-order valence-corrected chi connectivity index (χ0v) is 21.1. The first-order valence-corrected chi connectivity index (χ1v) is 12.4. The molecular formula is C31H38N2O. The molecule has 0 bridgehead atoms. The number of carbonyl (C=O) groups is 1. The van der Waals surface area contributed by atoms with Crippen molar-refractivity contribution in [2.75, 3.05) is 37.0 Å². The van der Waals surface area contributed by atoms with Crippen LogP contribution in [0, 0.1) is 0 Å². The van der Waals surface area contributed by atoms with Gasteiger partial charge in [0.15, 0.2) is 5.78 Å². The monoisotopic (exact) mass is 454 g/mol. The molecule has 0 amide bonds. The van der Waals surface area contributed by atoms with Gasteiger partial charge in [-0.25, -0.2) is 0 Å². The molecule has 3 nitrogen and oxygen atoms in total. The molecule has 178 valence electrons. The zero-order chi connectivity index (χ0) is 24.3. The first-order chi connectivity index (χ1) is 16.5. The molecule has 1 saturated carbocycles. The lowest BCUT2D eigenvalue weighted by Gasteiger charge is -2.18. The number of hydrogen-bond acceptors (Lipinski definition) is 3. The van der Waals surface area contributed by atoms with Gasteiger partial charge in [0.25, 0.3) is 0 Å². The highest BCUT2D eigenvalue weighted by Crippen LogP contribution is 2.26. The van der Waals surface area contributed by atoms with Crippen molar-refractivity contribution < 1.29 is 4.79 Å². The summed E-state index contributed by atoms with van der Waals surface area (Å²) in [4.78, 5) is 17.3. The summed E-state index contributed by atoms with van der Waals surface area (Å²) in [6, 6.07) is 17.1. The summed E-state index contributed by atoms with van der Waals surface area (Å²) in [5.41, 5.74) is 6.51. The van der Waals surface area contributed by atoms with Gasteiger partial charge in [-0.3, -0.25) is 4.79 Å². The van der Waals surface area contributed by atoms with Gasteiger partial charge in [-0.1, -0.05) is 74.6 Å². The SMILES string of the molecule is CCCN(C)c1ccc(/C=C/C=C2\CC/C(=C\C=C\c3ccc(N(C)CCC)cc3)C2=O)cc1. The van der Waals surface area contributed by atoms with Gasteiger partial charge in [0.05, 0.1) is 0 Å². The first kappa shape index (κ1) is 25.3. The molecule has 34 heavy (non-hydrogen) atoms. The van der Waals surface area contributed by atoms with Crippen LogP contribution in [0.2, 0.25) is 0 Å². The van der Waals surface area contributed by atoms with Crippen LogP contribution in [0.15, 0.2) is 84.0 Å². The highest BCUT2D eigenvalue weighted by Gasteiger charge is 2.21. The maximum absolute atomic E-state index is 12.7. The van der Waals surface area contributed by atoms with Crippen LogP contribution in [-0.4, -0.2) is 33.0 Å². The topological polar surface area (TPSA) is 23.6 Å². The Kier molecular flexibility index (Phi) is 9.51. The smallest absolute Gasteiger partial charge is 0.185 e. The van der Waals surface area contributed by atoms with Crippen molar-refractivity contribution in [3.63, 3.8) is 0 Å². The van der Waals surface area contributed by atoms with E-state index in [9.17, 15) is 4.79 Å². The molecule has 1 aliphatic rings. The number of ketones is 1. The Balaban J connectivity index is 1.56. The van der Waals surface area contributed by atoms with Gasteiger partial charge in [0.2, 0.25) is 0 Å². The molecular weight excluding hydrogens is 416 g/mol. The Morgan fingerprint density at radius 2 is 1.06 bits per heavy atom. The molecule has 0 atom stereocenters. The predicted molar refractivity (Wildman–Crippen MR) is 148 cm³/mol. The third-order valence-corrected chi connectivity index (χ3v) is 6.20. The van der Waals surface area contributed by atoms with Crippen molar-refractivity contribution in [1.82, 2.24) is 0 Å². The largest absolute Gasteiger partial charge is 0.375 e. The van der Waals surface area contributed by atoms with Crippen molar-refractivity contribution >= 4 is 29.3 Å². The standard InChI is InChI=1S/C31H38N2O/c1-5-23-32(3)29-19-13-25(14-20-29)9-7-11-27-17-18-28(31(27)34)12-8-10-26-15-21-30(22-16-26)33(4)24-6-2/h7-16,19-22H,5-6,17-18,23-24H2,1-4H3/b9-7+,10-8+,27-11+,28-12+. The highest BCUT2D eigenvalue weighted by atomic mass is 16.1. The van der Waals surface area contributed by atoms with Crippen LogP contribution in [0.5, 0.6) is 0 Å². The number of benzene rings is 2. The molecule has 1 aliphatic carbocycles. The van der Waals surface area contributed by atoms with E-state index in [1.165, 1.54) is 11.4 Å². The van der Waals surface area contributed by atoms with Crippen LogP contribution in [0.4, 0.5) is 11.4 Å². The molecule has 0 N–H and O–H groups in total. The fourth-order valence-electron chi connectivity index (χ4n) is 4.18. The van der Waals surface area contributed by atoms with E-state index < -0.39 is 0 Å². The van der Waals surface area contributed by atoms with E-state index in [4.69, 9.17) is 0 Å². The third-order valence-electron chi connectivity index (χ3n) is 6.20. The average Bonchev–Trinajstić information content (AvgIpc) is 3.19. The molecule has 0 heterocycles. The van der Waals surface area contributed by atoms with Crippen LogP contribution < -0.4 is 9.80 Å². The predicted octanol–water partition coefficient (Wildman–Crippen LogP) is 7.32. The number of nitrogens with zero attached hydrogens (tertiary/aromatic N) is 2. The van der Waals surface area contributed by atoms with E-state index in [-0.39, 0.29) is 5.78 Å². The van der Waals surface area contributed by atoms with E-state index >= 15 is 0 Å². The number of rotatable bonds is 10. The van der Waals surface area contributed by atoms with E-state index in [2.05, 4.69) is 98.4 Å². The third kappa shape index (κ3) is 7.08. The Morgan fingerprint density at radius 3 is 1.41 bits per heavy atom. The van der Waals surface area contributed by atoms with Crippen LogP contribution in [-0.2, 0) is 4.79 Å². The minimum atomic E-state index is 0.169. The Bertz CT molecular complexity index is 970. The first-order valence-electron chi connectivity index (χ1n) is 12.4. The number of hydrogen-bond donors (Lipinski definition) is 0. The van der Waals surface area contributed by atoms with E-state index in [0.29, 0.717) is 0 Å². The summed E-state index contributed by atoms with van der Waals surface area (Å²) >= 11 is 0. The molecule has 1 fully saturated rings. The Hall–Kier alpha value is -3.33. The van der Waals surface area contributed by atoms with Gasteiger partial charge in [-0.15, -0.1) is 0 Å². The molecule has 2 aromatic rings. The lowest BCUT2D eigenvalue weighted by Crippen LogP contribution is -2.17. The molecule has 0 radical (unpaired) electrons. The van der Waals surface area contributed by atoms with Crippen molar-refractivity contribution in [3.05, 3.63) is 95.1 Å². The van der Waals surface area contributed by atoms with Crippen LogP contribution in [0.25, 0.3) is 12.2 Å². The second kappa shape index (κ2) is 12.8. The van der Waals surface area contributed by atoms with Gasteiger partial charge < -0.3 is 9.80 Å². The van der Waals surface area contributed by atoms with Gasteiger partial charge in [-0.05, 0) is 61.1 Å². The normalized spacial score (nSPS) is 16.4. The minimum Gasteiger partial charge on any atom is -0.375 e. The molecule has 0 saturated heterocycles. The summed E-state index contributed by atoms with van der Waals surface area (Å²) in [7, 11) is 4.24. The second-order valence-electron chi connectivity index (χ2n) is 8.96. The number of Topliss-reactive ketones (excluding diaryl/α,β-unsaturated/α-hetero) is 1. The van der Waals surface area contributed by atoms with Crippen LogP contribution in [0.1, 0.15) is 50.7 Å². The fourth-order valence-corrected chi connectivity index (χ4v) is 4.18. The van der Waals surface area contributed by atoms with E-state index in [0.717, 1.165) is 61.0 Å². The molecule has 3 heteroatoms. The molecule has 0 aromatic heterocycles. The van der Waals surface area contributed by atoms with Crippen LogP contribution in [0.3, 0.4) is 0 Å². The summed E-state index contributed by atoms with van der Waals surface area (Å²) in [5.74, 6) is 0.169. The molecule has 3 rings (SSSR count). The summed E-state index contributed by atoms with van der Waals surface area (Å²) in [6.45, 7) is 6.48. The molecule has 0 spiro atoms. The molecule has 0 aliphatic heterocycles. The lowest BCUT2D eigenvalue weighted by atomic mass is 10.1. The van der Waals surface area contributed by atoms with Gasteiger partial charge in [0, 0.05) is 49.7 Å². The maximum atomic E-state index is 12.7. The van der Waals surface area contributed by atoms with Crippen LogP contribution >= 0.6 is 0 Å². The van der Waals surface area contributed by atoms with Crippen molar-refractivity contribution in [3.8, 4) is 0 Å². The lowest BCUT2D eigenvalue weighted by molar-refractivity contribution is -0.111. The average molecular weight is 455 g/mol. The van der Waals surface area contributed by atoms with Crippen molar-refractivity contribution in [2.24, 2.45) is 0 Å². The second-order valence-corrected chi connectivity index (χ2v) is 8.96. The zero-order valence-electron chi connectivity index (χ0n) is 21.1. The minimum absolute atomic E-state index is 0.169. The highest BCUT2D eigenvalue weighted by molar-refractivity contribution is 6.11. The summed E-state index contributed by atoms with van der Waals surface area (Å²) in [6.07, 6.45) is 15.9. The van der Waals surface area contributed by atoms with Crippen molar-refractivity contribution in [1.29, 1.82) is 0 Å². The number of anilines is 2. The fraction of sp³-hybridized carbons (Fsp3) is 0.323. The summed E-state index contributed by atoms with van der Waals surface area (Å²) in [5, 5.41) is 0. The quantitative estimate of drug-likeness (QED) is 0.351. The number of carbonyl (C=O) groups excluding carboxylic acids is 1.